The van der Waals surface area contributed by atoms with Crippen molar-refractivity contribution in [1.82, 2.24) is 14.9 Å². The fraction of sp³-hybridized carbons (Fsp3) is 0.267. The lowest BCUT2D eigenvalue weighted by atomic mass is 10.1. The second-order valence-corrected chi connectivity index (χ2v) is 9.23. The third-order valence-corrected chi connectivity index (χ3v) is 6.71. The summed E-state index contributed by atoms with van der Waals surface area (Å²) in [6.07, 6.45) is 2.06. The molecule has 9 nitrogen and oxygen atoms in total. The zero-order valence-corrected chi connectivity index (χ0v) is 22.1. The van der Waals surface area contributed by atoms with Gasteiger partial charge >= 0.3 is 0 Å². The topological polar surface area (TPSA) is 103 Å². The molecule has 1 atom stereocenters. The number of para-hydroxylation sites is 2. The summed E-state index contributed by atoms with van der Waals surface area (Å²) in [5, 5.41) is 2.90. The largest absolute Gasteiger partial charge is 0.493 e. The Hall–Kier alpha value is -4.66. The highest BCUT2D eigenvalue weighted by Crippen LogP contribution is 2.31. The number of aromatic nitrogens is 2. The average molecular weight is 527 g/mol. The SMILES string of the molecule is CCC1Oc2ccc(NC(=O)c3cnc4ccccc4n3)cc2CN(CCc2ccc(OC)c(OC)c2)C1=O. The van der Waals surface area contributed by atoms with Gasteiger partial charge in [0, 0.05) is 24.3 Å². The van der Waals surface area contributed by atoms with Gasteiger partial charge < -0.3 is 24.4 Å². The Bertz CT molecular complexity index is 1520. The summed E-state index contributed by atoms with van der Waals surface area (Å²) in [6, 6.07) is 18.5. The fourth-order valence-electron chi connectivity index (χ4n) is 4.60. The van der Waals surface area contributed by atoms with Gasteiger partial charge in [0.1, 0.15) is 11.4 Å². The molecule has 0 bridgehead atoms. The monoisotopic (exact) mass is 526 g/mol. The molecule has 0 radical (unpaired) electrons. The molecule has 4 aromatic rings. The Morgan fingerprint density at radius 2 is 1.85 bits per heavy atom. The predicted octanol–water partition coefficient (Wildman–Crippen LogP) is 4.64. The van der Waals surface area contributed by atoms with Crippen LogP contribution in [-0.4, -0.2) is 53.6 Å². The molecule has 0 saturated heterocycles. The number of benzene rings is 3. The summed E-state index contributed by atoms with van der Waals surface area (Å²) in [4.78, 5) is 36.8. The van der Waals surface area contributed by atoms with Crippen LogP contribution in [0, 0.1) is 0 Å². The van der Waals surface area contributed by atoms with Crippen LogP contribution in [0.1, 0.15) is 35.0 Å². The van der Waals surface area contributed by atoms with E-state index in [2.05, 4.69) is 15.3 Å². The van der Waals surface area contributed by atoms with Gasteiger partial charge in [0.2, 0.25) is 0 Å². The van der Waals surface area contributed by atoms with Crippen molar-refractivity contribution in [3.8, 4) is 17.2 Å². The summed E-state index contributed by atoms with van der Waals surface area (Å²) in [6.45, 7) is 2.79. The van der Waals surface area contributed by atoms with Gasteiger partial charge in [-0.05, 0) is 60.9 Å². The van der Waals surface area contributed by atoms with Crippen LogP contribution in [0.4, 0.5) is 5.69 Å². The van der Waals surface area contributed by atoms with E-state index in [0.717, 1.165) is 16.6 Å². The van der Waals surface area contributed by atoms with Crippen molar-refractivity contribution >= 4 is 28.5 Å². The van der Waals surface area contributed by atoms with Crippen LogP contribution in [0.15, 0.2) is 66.9 Å². The minimum absolute atomic E-state index is 0.0637. The second-order valence-electron chi connectivity index (χ2n) is 9.23. The number of carbonyl (C=O) groups is 2. The maximum absolute atomic E-state index is 13.3. The average Bonchev–Trinajstić information content (AvgIpc) is 3.10. The molecule has 1 unspecified atom stereocenters. The number of ether oxygens (including phenoxy) is 3. The van der Waals surface area contributed by atoms with Crippen LogP contribution in [0.2, 0.25) is 0 Å². The summed E-state index contributed by atoms with van der Waals surface area (Å²) in [7, 11) is 3.20. The molecule has 1 aliphatic rings. The first-order valence-electron chi connectivity index (χ1n) is 12.8. The van der Waals surface area contributed by atoms with Crippen molar-refractivity contribution < 1.29 is 23.8 Å². The lowest BCUT2D eigenvalue weighted by Gasteiger charge is -2.23. The number of anilines is 1. The van der Waals surface area contributed by atoms with E-state index in [4.69, 9.17) is 14.2 Å². The van der Waals surface area contributed by atoms with Gasteiger partial charge in [-0.2, -0.15) is 0 Å². The molecule has 0 spiro atoms. The minimum Gasteiger partial charge on any atom is -0.493 e. The molecule has 0 fully saturated rings. The molecule has 1 aliphatic heterocycles. The zero-order valence-electron chi connectivity index (χ0n) is 22.1. The number of amides is 2. The quantitative estimate of drug-likeness (QED) is 0.357. The van der Waals surface area contributed by atoms with Gasteiger partial charge in [0.15, 0.2) is 17.6 Å². The summed E-state index contributed by atoms with van der Waals surface area (Å²) >= 11 is 0. The molecular weight excluding hydrogens is 496 g/mol. The molecular formula is C30H30N4O5. The van der Waals surface area contributed by atoms with Crippen molar-refractivity contribution in [3.05, 3.63) is 83.7 Å². The first-order valence-corrected chi connectivity index (χ1v) is 12.8. The third kappa shape index (κ3) is 5.62. The molecule has 9 heteroatoms. The van der Waals surface area contributed by atoms with Gasteiger partial charge in [-0.1, -0.05) is 25.1 Å². The molecule has 5 rings (SSSR count). The smallest absolute Gasteiger partial charge is 0.275 e. The van der Waals surface area contributed by atoms with Gasteiger partial charge in [-0.15, -0.1) is 0 Å². The van der Waals surface area contributed by atoms with Crippen LogP contribution in [0.25, 0.3) is 11.0 Å². The lowest BCUT2D eigenvalue weighted by molar-refractivity contribution is -0.138. The highest BCUT2D eigenvalue weighted by molar-refractivity contribution is 6.03. The Kier molecular flexibility index (Phi) is 7.58. The summed E-state index contributed by atoms with van der Waals surface area (Å²) < 4.78 is 16.8. The number of methoxy groups -OCH3 is 2. The van der Waals surface area contributed by atoms with E-state index in [1.165, 1.54) is 6.20 Å². The van der Waals surface area contributed by atoms with Crippen molar-refractivity contribution in [1.29, 1.82) is 0 Å². The van der Waals surface area contributed by atoms with Crippen LogP contribution in [0.5, 0.6) is 17.2 Å². The van der Waals surface area contributed by atoms with Gasteiger partial charge in [-0.3, -0.25) is 14.6 Å². The fourth-order valence-corrected chi connectivity index (χ4v) is 4.60. The number of fused-ring (bicyclic) bond motifs is 2. The van der Waals surface area contributed by atoms with E-state index in [0.29, 0.717) is 54.4 Å². The van der Waals surface area contributed by atoms with Crippen LogP contribution >= 0.6 is 0 Å². The van der Waals surface area contributed by atoms with Crippen LogP contribution in [-0.2, 0) is 17.8 Å². The number of carbonyl (C=O) groups excluding carboxylic acids is 2. The molecule has 1 N–H and O–H groups in total. The Morgan fingerprint density at radius 1 is 1.05 bits per heavy atom. The highest BCUT2D eigenvalue weighted by atomic mass is 16.5. The zero-order chi connectivity index (χ0) is 27.4. The van der Waals surface area contributed by atoms with E-state index < -0.39 is 6.10 Å². The van der Waals surface area contributed by atoms with E-state index in [9.17, 15) is 9.59 Å². The van der Waals surface area contributed by atoms with Crippen molar-refractivity contribution in [3.63, 3.8) is 0 Å². The van der Waals surface area contributed by atoms with E-state index >= 15 is 0 Å². The third-order valence-electron chi connectivity index (χ3n) is 6.71. The summed E-state index contributed by atoms with van der Waals surface area (Å²) in [5.41, 5.74) is 4.01. The minimum atomic E-state index is -0.579. The molecule has 200 valence electrons. The lowest BCUT2D eigenvalue weighted by Crippen LogP contribution is -2.40. The summed E-state index contributed by atoms with van der Waals surface area (Å²) in [5.74, 6) is 1.51. The maximum atomic E-state index is 13.3. The van der Waals surface area contributed by atoms with Crippen molar-refractivity contribution in [2.45, 2.75) is 32.4 Å². The second kappa shape index (κ2) is 11.4. The normalized spacial score (nSPS) is 14.8. The van der Waals surface area contributed by atoms with E-state index in [1.807, 2.05) is 55.5 Å². The van der Waals surface area contributed by atoms with Crippen LogP contribution < -0.4 is 19.5 Å². The first-order chi connectivity index (χ1) is 19.0. The molecule has 2 amide bonds. The standard InChI is InChI=1S/C30H30N4O5/c1-4-25-30(36)34(14-13-19-9-11-27(37-2)28(15-19)38-3)18-20-16-21(10-12-26(20)39-25)32-29(35)24-17-31-22-7-5-6-8-23(22)33-24/h5-12,15-17,25H,4,13-14,18H2,1-3H3,(H,32,35). The number of nitrogens with zero attached hydrogens (tertiary/aromatic N) is 3. The van der Waals surface area contributed by atoms with E-state index in [-0.39, 0.29) is 17.5 Å². The Morgan fingerprint density at radius 3 is 2.62 bits per heavy atom. The number of nitrogens with one attached hydrogen (secondary N) is 1. The number of hydrogen-bond acceptors (Lipinski definition) is 7. The number of hydrogen-bond donors (Lipinski definition) is 1. The molecule has 0 saturated carbocycles. The molecule has 3 aromatic carbocycles. The highest BCUT2D eigenvalue weighted by Gasteiger charge is 2.30. The first kappa shape index (κ1) is 26.0. The number of rotatable bonds is 8. The van der Waals surface area contributed by atoms with Gasteiger partial charge in [0.05, 0.1) is 31.4 Å². The predicted molar refractivity (Wildman–Crippen MR) is 147 cm³/mol. The van der Waals surface area contributed by atoms with E-state index in [1.54, 1.807) is 31.3 Å². The van der Waals surface area contributed by atoms with Crippen LogP contribution in [0.3, 0.4) is 0 Å². The molecule has 1 aromatic heterocycles. The molecule has 39 heavy (non-hydrogen) atoms. The van der Waals surface area contributed by atoms with Gasteiger partial charge in [0.25, 0.3) is 11.8 Å². The Balaban J connectivity index is 1.34. The molecule has 0 aliphatic carbocycles. The molecule has 2 heterocycles. The maximum Gasteiger partial charge on any atom is 0.275 e. The van der Waals surface area contributed by atoms with Crippen molar-refractivity contribution in [2.75, 3.05) is 26.1 Å². The van der Waals surface area contributed by atoms with Crippen molar-refractivity contribution in [2.24, 2.45) is 0 Å². The van der Waals surface area contributed by atoms with Gasteiger partial charge in [-0.25, -0.2) is 4.98 Å². The Labute approximate surface area is 226 Å².